The maximum absolute atomic E-state index is 4.25. The van der Waals surface area contributed by atoms with Crippen LogP contribution in [-0.4, -0.2) is 0 Å². The van der Waals surface area contributed by atoms with Crippen molar-refractivity contribution in [3.63, 3.8) is 0 Å². The second kappa shape index (κ2) is 89.3. The van der Waals surface area contributed by atoms with Crippen LogP contribution >= 0.6 is 0 Å². The molecule has 0 aromatic heterocycles. The molecule has 42 valence electrons. The monoisotopic (exact) mass is 252 g/mol. The SMILES string of the molecule is [CH2-]C.[CH2-]N.[CH3-].[Y].[Y]. The van der Waals surface area contributed by atoms with Gasteiger partial charge in [0.2, 0.25) is 0 Å². The van der Waals surface area contributed by atoms with Crippen molar-refractivity contribution in [2.75, 3.05) is 0 Å². The van der Waals surface area contributed by atoms with Gasteiger partial charge in [0.1, 0.15) is 0 Å². The van der Waals surface area contributed by atoms with Crippen LogP contribution in [-0.2, 0) is 65.4 Å². The molecule has 0 fully saturated rings. The van der Waals surface area contributed by atoms with Crippen molar-refractivity contribution < 1.29 is 65.4 Å². The summed E-state index contributed by atoms with van der Waals surface area (Å²) in [6.45, 7) is 5.00. The van der Waals surface area contributed by atoms with Gasteiger partial charge in [0, 0.05) is 65.4 Å². The Kier molecular flexibility index (Phi) is 449. The molecule has 0 aliphatic carbocycles. The first-order chi connectivity index (χ1) is 2.00. The predicted molar refractivity (Wildman–Crippen MR) is 27.0 cm³/mol. The van der Waals surface area contributed by atoms with Crippen LogP contribution in [0.25, 0.3) is 0 Å². The molecule has 0 aliphatic heterocycles. The Morgan fingerprint density at radius 3 is 1.00 bits per heavy atom. The maximum atomic E-state index is 4.25. The Labute approximate surface area is 98.0 Å². The molecule has 0 saturated carbocycles. The number of rotatable bonds is 0. The molecule has 0 saturated heterocycles. The van der Waals surface area contributed by atoms with E-state index in [1.807, 2.05) is 0 Å². The first-order valence-corrected chi connectivity index (χ1v) is 1.12. The van der Waals surface area contributed by atoms with Crippen LogP contribution in [0.15, 0.2) is 0 Å². The van der Waals surface area contributed by atoms with E-state index in [0.717, 1.165) is 0 Å². The molecule has 0 aromatic carbocycles. The molecule has 7 heavy (non-hydrogen) atoms. The fourth-order valence-electron chi connectivity index (χ4n) is 0. The van der Waals surface area contributed by atoms with Gasteiger partial charge in [-0.3, -0.25) is 7.05 Å². The minimum Gasteiger partial charge on any atom is -0.486 e. The third kappa shape index (κ3) is 66.1. The van der Waals surface area contributed by atoms with Crippen molar-refractivity contribution in [2.24, 2.45) is 5.73 Å². The molecule has 0 aromatic rings. The van der Waals surface area contributed by atoms with E-state index in [1.165, 1.54) is 0 Å². The first-order valence-electron chi connectivity index (χ1n) is 1.12. The summed E-state index contributed by atoms with van der Waals surface area (Å²) in [5.41, 5.74) is 4.25. The second-order valence-electron chi connectivity index (χ2n) is 0. The standard InChI is InChI=1S/C2H5.CH4N.CH3.2Y/c2*1-2;;;/h1H2,2H3;1-2H2;1H3;;/q3*-1;;. The van der Waals surface area contributed by atoms with E-state index in [4.69, 9.17) is 0 Å². The summed E-state index contributed by atoms with van der Waals surface area (Å²) >= 11 is 0. The van der Waals surface area contributed by atoms with E-state index in [-0.39, 0.29) is 72.8 Å². The van der Waals surface area contributed by atoms with Gasteiger partial charge < -0.3 is 20.1 Å². The molecule has 0 spiro atoms. The normalized spacial score (nSPS) is 1.71. The van der Waals surface area contributed by atoms with Crippen LogP contribution in [0.1, 0.15) is 6.92 Å². The molecule has 0 aliphatic rings. The minimum absolute atomic E-state index is 0. The first kappa shape index (κ1) is 35.2. The van der Waals surface area contributed by atoms with E-state index in [9.17, 15) is 0 Å². The molecule has 3 heteroatoms. The van der Waals surface area contributed by atoms with Crippen molar-refractivity contribution >= 4 is 0 Å². The Hall–Kier alpha value is 2.17. The van der Waals surface area contributed by atoms with Crippen LogP contribution in [0.2, 0.25) is 0 Å². The fourth-order valence-corrected chi connectivity index (χ4v) is 0. The van der Waals surface area contributed by atoms with Crippen molar-refractivity contribution in [2.45, 2.75) is 6.92 Å². The average Bonchev–Trinajstić information content (AvgIpc) is 1.50. The zero-order valence-corrected chi connectivity index (χ0v) is 10.8. The van der Waals surface area contributed by atoms with Crippen molar-refractivity contribution in [1.29, 1.82) is 0 Å². The summed E-state index contributed by atoms with van der Waals surface area (Å²) in [7, 11) is 2.75. The topological polar surface area (TPSA) is 26.0 Å². The smallest absolute Gasteiger partial charge is 0 e. The van der Waals surface area contributed by atoms with Gasteiger partial charge in [0.25, 0.3) is 0 Å². The molecule has 0 unspecified atom stereocenters. The van der Waals surface area contributed by atoms with Gasteiger partial charge in [-0.1, -0.05) is 0 Å². The van der Waals surface area contributed by atoms with E-state index >= 15 is 0 Å². The molecule has 0 bridgehead atoms. The molecule has 0 rings (SSSR count). The summed E-state index contributed by atoms with van der Waals surface area (Å²) < 4.78 is 0. The van der Waals surface area contributed by atoms with Gasteiger partial charge in [-0.2, -0.15) is 6.92 Å². The van der Waals surface area contributed by atoms with Crippen LogP contribution in [0, 0.1) is 21.4 Å². The van der Waals surface area contributed by atoms with Gasteiger partial charge in [0.05, 0.1) is 0 Å². The predicted octanol–water partition coefficient (Wildman–Crippen LogP) is 1.02. The molecule has 2 N–H and O–H groups in total. The van der Waals surface area contributed by atoms with Crippen LogP contribution in [0.3, 0.4) is 0 Å². The Balaban J connectivity index is -0.00000000267. The van der Waals surface area contributed by atoms with Crippen molar-refractivity contribution in [3.8, 4) is 0 Å². The third-order valence-electron chi connectivity index (χ3n) is 0. The fraction of sp³-hybridized carbons (Fsp3) is 0.250. The van der Waals surface area contributed by atoms with Gasteiger partial charge in [-0.25, -0.2) is 0 Å². The van der Waals surface area contributed by atoms with Crippen LogP contribution in [0.4, 0.5) is 0 Å². The van der Waals surface area contributed by atoms with Gasteiger partial charge >= 0.3 is 0 Å². The van der Waals surface area contributed by atoms with Crippen LogP contribution in [0.5, 0.6) is 0 Å². The summed E-state index contributed by atoms with van der Waals surface area (Å²) in [4.78, 5) is 0. The summed E-state index contributed by atoms with van der Waals surface area (Å²) in [5, 5.41) is 0. The zero-order valence-electron chi connectivity index (χ0n) is 5.15. The van der Waals surface area contributed by atoms with E-state index in [0.29, 0.717) is 0 Å². The molecular formula is C4H12NY2-3. The van der Waals surface area contributed by atoms with E-state index in [1.54, 1.807) is 6.92 Å². The van der Waals surface area contributed by atoms with Crippen molar-refractivity contribution in [3.05, 3.63) is 21.4 Å². The zero-order chi connectivity index (χ0) is 4.00. The average molecular weight is 252 g/mol. The third-order valence-corrected chi connectivity index (χ3v) is 0. The molecule has 0 atom stereocenters. The van der Waals surface area contributed by atoms with Gasteiger partial charge in [-0.15, -0.1) is 0 Å². The Morgan fingerprint density at radius 1 is 1.00 bits per heavy atom. The van der Waals surface area contributed by atoms with Gasteiger partial charge in [-0.05, 0) is 0 Å². The van der Waals surface area contributed by atoms with Gasteiger partial charge in [0.15, 0.2) is 0 Å². The quantitative estimate of drug-likeness (QED) is 0.640. The largest absolute Gasteiger partial charge is 0.486 e. The summed E-state index contributed by atoms with van der Waals surface area (Å²) in [6.07, 6.45) is 0. The molecule has 0 amide bonds. The molecule has 0 heterocycles. The van der Waals surface area contributed by atoms with E-state index in [2.05, 4.69) is 19.7 Å². The molecule has 1 nitrogen and oxygen atoms in total. The second-order valence-corrected chi connectivity index (χ2v) is 0. The Morgan fingerprint density at radius 2 is 1.00 bits per heavy atom. The number of hydrogen-bond donors (Lipinski definition) is 1. The van der Waals surface area contributed by atoms with Crippen molar-refractivity contribution in [1.82, 2.24) is 0 Å². The van der Waals surface area contributed by atoms with E-state index < -0.39 is 0 Å². The number of nitrogens with two attached hydrogens (primary N) is 1. The summed E-state index contributed by atoms with van der Waals surface area (Å²) in [6, 6.07) is 0. The Bertz CT molecular complexity index is 9.65. The molecule has 2 radical (unpaired) electrons. The van der Waals surface area contributed by atoms with Crippen LogP contribution < -0.4 is 5.73 Å². The summed E-state index contributed by atoms with van der Waals surface area (Å²) in [5.74, 6) is 0. The minimum atomic E-state index is 0. The number of hydrogen-bond acceptors (Lipinski definition) is 1. The maximum Gasteiger partial charge on any atom is 0 e. The molecular weight excluding hydrogens is 240 g/mol.